The zero-order valence-corrected chi connectivity index (χ0v) is 14.6. The van der Waals surface area contributed by atoms with Crippen LogP contribution < -0.4 is 5.32 Å². The first-order chi connectivity index (χ1) is 12.7. The van der Waals surface area contributed by atoms with Crippen LogP contribution in [-0.4, -0.2) is 9.97 Å². The van der Waals surface area contributed by atoms with Crippen molar-refractivity contribution in [3.05, 3.63) is 71.3 Å². The second-order valence-electron chi connectivity index (χ2n) is 6.65. The number of benzene rings is 3. The first kappa shape index (κ1) is 15.5. The first-order valence-electron chi connectivity index (χ1n) is 8.60. The topological polar surface area (TPSA) is 37.8 Å². The molecule has 0 aliphatic heterocycles. The van der Waals surface area contributed by atoms with Gasteiger partial charge in [-0.2, -0.15) is 4.98 Å². The van der Waals surface area contributed by atoms with Gasteiger partial charge in [-0.05, 0) is 59.5 Å². The Morgan fingerprint density at radius 2 is 1.73 bits per heavy atom. The molecule has 5 heteroatoms. The van der Waals surface area contributed by atoms with Crippen molar-refractivity contribution in [3.63, 3.8) is 0 Å². The normalized spacial score (nSPS) is 14.1. The lowest BCUT2D eigenvalue weighted by Crippen LogP contribution is -1.99. The van der Waals surface area contributed by atoms with E-state index < -0.39 is 0 Å². The highest BCUT2D eigenvalue weighted by Crippen LogP contribution is 2.44. The van der Waals surface area contributed by atoms with Crippen molar-refractivity contribution >= 4 is 44.8 Å². The molecule has 1 N–H and O–H groups in total. The third-order valence-electron chi connectivity index (χ3n) is 4.86. The fraction of sp³-hybridized carbons (Fsp3) is 0.143. The number of halogens is 2. The Balaban J connectivity index is 1.66. The van der Waals surface area contributed by atoms with Gasteiger partial charge in [-0.25, -0.2) is 9.37 Å². The maximum absolute atomic E-state index is 13.5. The Labute approximate surface area is 154 Å². The highest BCUT2D eigenvalue weighted by atomic mass is 35.5. The Morgan fingerprint density at radius 3 is 2.54 bits per heavy atom. The molecule has 3 nitrogen and oxygen atoms in total. The van der Waals surface area contributed by atoms with E-state index in [1.807, 2.05) is 6.07 Å². The number of anilines is 2. The standard InChI is InChI=1S/C21H15ClFN3/c22-21-25-19-11-13(23)7-8-17(19)20(26-21)24-18-10-9-14(12-5-6-12)15-3-1-2-4-16(15)18/h1-4,7-12H,5-6H2,(H,24,25,26). The van der Waals surface area contributed by atoms with Crippen LogP contribution >= 0.6 is 11.6 Å². The molecule has 1 aromatic heterocycles. The van der Waals surface area contributed by atoms with Crippen molar-refractivity contribution in [1.29, 1.82) is 0 Å². The molecule has 128 valence electrons. The van der Waals surface area contributed by atoms with Gasteiger partial charge in [-0.15, -0.1) is 0 Å². The van der Waals surface area contributed by atoms with Gasteiger partial charge >= 0.3 is 0 Å². The molecule has 3 aromatic carbocycles. The summed E-state index contributed by atoms with van der Waals surface area (Å²) in [6.45, 7) is 0. The smallest absolute Gasteiger partial charge is 0.224 e. The SMILES string of the molecule is Fc1ccc2c(Nc3ccc(C4CC4)c4ccccc34)nc(Cl)nc2c1. The third-order valence-corrected chi connectivity index (χ3v) is 5.03. The molecule has 0 bridgehead atoms. The van der Waals surface area contributed by atoms with Crippen molar-refractivity contribution in [2.75, 3.05) is 5.32 Å². The lowest BCUT2D eigenvalue weighted by atomic mass is 9.99. The summed E-state index contributed by atoms with van der Waals surface area (Å²) >= 11 is 6.05. The highest BCUT2D eigenvalue weighted by molar-refractivity contribution is 6.28. The van der Waals surface area contributed by atoms with Crippen molar-refractivity contribution < 1.29 is 4.39 Å². The van der Waals surface area contributed by atoms with Crippen LogP contribution in [0.3, 0.4) is 0 Å². The zero-order chi connectivity index (χ0) is 17.7. The molecule has 0 saturated heterocycles. The predicted molar refractivity (Wildman–Crippen MR) is 104 cm³/mol. The summed E-state index contributed by atoms with van der Waals surface area (Å²) in [6, 6.07) is 17.1. The number of rotatable bonds is 3. The fourth-order valence-electron chi connectivity index (χ4n) is 3.48. The molecule has 1 saturated carbocycles. The summed E-state index contributed by atoms with van der Waals surface area (Å²) in [4.78, 5) is 8.44. The molecule has 0 radical (unpaired) electrons. The summed E-state index contributed by atoms with van der Waals surface area (Å²) in [5, 5.41) is 6.59. The molecule has 1 heterocycles. The minimum atomic E-state index is -0.350. The van der Waals surface area contributed by atoms with Gasteiger partial charge in [0.05, 0.1) is 5.52 Å². The Bertz CT molecular complexity index is 1150. The molecular weight excluding hydrogens is 349 g/mol. The summed E-state index contributed by atoms with van der Waals surface area (Å²) in [7, 11) is 0. The lowest BCUT2D eigenvalue weighted by Gasteiger charge is -2.14. The highest BCUT2D eigenvalue weighted by Gasteiger charge is 2.25. The van der Waals surface area contributed by atoms with Crippen molar-refractivity contribution in [2.24, 2.45) is 0 Å². The van der Waals surface area contributed by atoms with Crippen LogP contribution in [0.2, 0.25) is 5.28 Å². The van der Waals surface area contributed by atoms with E-state index in [0.29, 0.717) is 17.3 Å². The van der Waals surface area contributed by atoms with Crippen LogP contribution in [-0.2, 0) is 0 Å². The van der Waals surface area contributed by atoms with Crippen LogP contribution in [0.1, 0.15) is 24.3 Å². The van der Waals surface area contributed by atoms with E-state index in [4.69, 9.17) is 11.6 Å². The summed E-state index contributed by atoms with van der Waals surface area (Å²) < 4.78 is 13.5. The van der Waals surface area contributed by atoms with Crippen molar-refractivity contribution in [2.45, 2.75) is 18.8 Å². The minimum Gasteiger partial charge on any atom is -0.339 e. The van der Waals surface area contributed by atoms with Gasteiger partial charge in [0.2, 0.25) is 5.28 Å². The number of fused-ring (bicyclic) bond motifs is 2. The van der Waals surface area contributed by atoms with E-state index in [1.165, 1.54) is 35.9 Å². The molecule has 1 aliphatic carbocycles. The van der Waals surface area contributed by atoms with Crippen LogP contribution in [0, 0.1) is 5.82 Å². The van der Waals surface area contributed by atoms with E-state index in [1.54, 1.807) is 6.07 Å². The largest absolute Gasteiger partial charge is 0.339 e. The van der Waals surface area contributed by atoms with E-state index in [2.05, 4.69) is 45.6 Å². The van der Waals surface area contributed by atoms with Crippen LogP contribution in [0.25, 0.3) is 21.7 Å². The van der Waals surface area contributed by atoms with Gasteiger partial charge in [0.25, 0.3) is 0 Å². The molecular formula is C21H15ClFN3. The Morgan fingerprint density at radius 1 is 0.923 bits per heavy atom. The van der Waals surface area contributed by atoms with E-state index in [0.717, 1.165) is 16.5 Å². The number of nitrogens with zero attached hydrogens (tertiary/aromatic N) is 2. The zero-order valence-electron chi connectivity index (χ0n) is 13.8. The average Bonchev–Trinajstić information content (AvgIpc) is 3.46. The van der Waals surface area contributed by atoms with E-state index in [-0.39, 0.29) is 11.1 Å². The van der Waals surface area contributed by atoms with Crippen LogP contribution in [0.5, 0.6) is 0 Å². The van der Waals surface area contributed by atoms with Crippen molar-refractivity contribution in [1.82, 2.24) is 9.97 Å². The van der Waals surface area contributed by atoms with Gasteiger partial charge in [0.15, 0.2) is 0 Å². The molecule has 1 aliphatic rings. The first-order valence-corrected chi connectivity index (χ1v) is 8.98. The molecule has 0 spiro atoms. The van der Waals surface area contributed by atoms with Crippen LogP contribution in [0.15, 0.2) is 54.6 Å². The van der Waals surface area contributed by atoms with Gasteiger partial charge in [0, 0.05) is 22.5 Å². The summed E-state index contributed by atoms with van der Waals surface area (Å²) in [5.74, 6) is 0.896. The van der Waals surface area contributed by atoms with Crippen LogP contribution in [0.4, 0.5) is 15.9 Å². The lowest BCUT2D eigenvalue weighted by molar-refractivity contribution is 0.629. The molecule has 0 unspecified atom stereocenters. The Hall–Kier alpha value is -2.72. The number of nitrogens with one attached hydrogen (secondary N) is 1. The molecule has 4 aromatic rings. The molecule has 5 rings (SSSR count). The van der Waals surface area contributed by atoms with Gasteiger partial charge in [-0.3, -0.25) is 0 Å². The molecule has 26 heavy (non-hydrogen) atoms. The van der Waals surface area contributed by atoms with E-state index >= 15 is 0 Å². The van der Waals surface area contributed by atoms with Gasteiger partial charge in [-0.1, -0.05) is 30.3 Å². The molecule has 0 atom stereocenters. The molecule has 0 amide bonds. The predicted octanol–water partition coefficient (Wildman–Crippen LogP) is 6.20. The summed E-state index contributed by atoms with van der Waals surface area (Å²) in [6.07, 6.45) is 2.52. The fourth-order valence-corrected chi connectivity index (χ4v) is 3.65. The second kappa shape index (κ2) is 5.92. The Kier molecular flexibility index (Phi) is 3.54. The second-order valence-corrected chi connectivity index (χ2v) is 6.99. The third kappa shape index (κ3) is 2.67. The maximum atomic E-state index is 13.5. The maximum Gasteiger partial charge on any atom is 0.224 e. The summed E-state index contributed by atoms with van der Waals surface area (Å²) in [5.41, 5.74) is 2.83. The minimum absolute atomic E-state index is 0.0875. The van der Waals surface area contributed by atoms with E-state index in [9.17, 15) is 4.39 Å². The number of hydrogen-bond acceptors (Lipinski definition) is 3. The van der Waals surface area contributed by atoms with Gasteiger partial charge < -0.3 is 5.32 Å². The quantitative estimate of drug-likeness (QED) is 0.440. The monoisotopic (exact) mass is 363 g/mol. The van der Waals surface area contributed by atoms with Gasteiger partial charge in [0.1, 0.15) is 11.6 Å². The average molecular weight is 364 g/mol. The van der Waals surface area contributed by atoms with Crippen molar-refractivity contribution in [3.8, 4) is 0 Å². The number of hydrogen-bond donors (Lipinski definition) is 1. The molecule has 1 fully saturated rings. The number of aromatic nitrogens is 2.